The fourth-order valence-electron chi connectivity index (χ4n) is 2.24. The van der Waals surface area contributed by atoms with E-state index in [0.717, 1.165) is 0 Å². The minimum absolute atomic E-state index is 0.0648. The van der Waals surface area contributed by atoms with Gasteiger partial charge in [-0.05, 0) is 18.6 Å². The summed E-state index contributed by atoms with van der Waals surface area (Å²) in [6.07, 6.45) is -3.56. The Hall–Kier alpha value is -1.49. The highest BCUT2D eigenvalue weighted by molar-refractivity contribution is 6.33. The highest BCUT2D eigenvalue weighted by Gasteiger charge is 2.59. The molecule has 3 nitrogen and oxygen atoms in total. The number of benzene rings is 1. The normalized spacial score (nSPS) is 21.6. The van der Waals surface area contributed by atoms with Gasteiger partial charge < -0.3 is 4.74 Å². The molecule has 19 heavy (non-hydrogen) atoms. The molecule has 0 saturated carbocycles. The van der Waals surface area contributed by atoms with Crippen molar-refractivity contribution in [2.75, 3.05) is 6.61 Å². The van der Waals surface area contributed by atoms with E-state index in [-0.39, 0.29) is 22.8 Å². The summed E-state index contributed by atoms with van der Waals surface area (Å²) in [5, 5.41) is 0.206. The Morgan fingerprint density at radius 1 is 1.53 bits per heavy atom. The lowest BCUT2D eigenvalue weighted by atomic mass is 9.84. The topological polar surface area (TPSA) is 43.4 Å². The summed E-state index contributed by atoms with van der Waals surface area (Å²) in [4.78, 5) is 24.0. The number of fused-ring (bicyclic) bond motifs is 1. The van der Waals surface area contributed by atoms with Crippen LogP contribution in [0.5, 0.6) is 0 Å². The molecule has 102 valence electrons. The van der Waals surface area contributed by atoms with E-state index in [1.54, 1.807) is 0 Å². The summed E-state index contributed by atoms with van der Waals surface area (Å²) < 4.78 is 31.4. The van der Waals surface area contributed by atoms with Crippen LogP contribution in [0.15, 0.2) is 18.2 Å². The molecule has 1 unspecified atom stereocenters. The number of esters is 1. The van der Waals surface area contributed by atoms with Crippen LogP contribution in [-0.2, 0) is 16.0 Å². The minimum atomic E-state index is -3.14. The second kappa shape index (κ2) is 4.89. The maximum absolute atomic E-state index is 13.4. The van der Waals surface area contributed by atoms with Gasteiger partial charge in [-0.15, -0.1) is 0 Å². The maximum Gasteiger partial charge on any atom is 0.326 e. The minimum Gasteiger partial charge on any atom is -0.465 e. The predicted molar refractivity (Wildman–Crippen MR) is 64.6 cm³/mol. The molecule has 0 radical (unpaired) electrons. The number of hydrogen-bond acceptors (Lipinski definition) is 3. The van der Waals surface area contributed by atoms with Crippen molar-refractivity contribution in [1.82, 2.24) is 0 Å². The number of carbonyl (C=O) groups is 2. The molecule has 2 rings (SSSR count). The Morgan fingerprint density at radius 3 is 2.74 bits per heavy atom. The molecule has 1 aromatic carbocycles. The van der Waals surface area contributed by atoms with Crippen LogP contribution in [0.3, 0.4) is 0 Å². The lowest BCUT2D eigenvalue weighted by Gasteiger charge is -2.23. The zero-order chi connectivity index (χ0) is 14.2. The molecular formula is C13H11ClF2O3. The number of hydrogen-bond donors (Lipinski definition) is 0. The van der Waals surface area contributed by atoms with Crippen LogP contribution < -0.4 is 0 Å². The molecule has 0 aromatic heterocycles. The number of ether oxygens (including phenoxy) is 1. The van der Waals surface area contributed by atoms with E-state index in [9.17, 15) is 18.4 Å². The van der Waals surface area contributed by atoms with Crippen LogP contribution in [0.4, 0.5) is 8.78 Å². The van der Waals surface area contributed by atoms with Gasteiger partial charge in [-0.25, -0.2) is 8.78 Å². The Bertz CT molecular complexity index is 545. The standard InChI is InChI=1S/C13H11ClF2O3/c1-2-19-12(18)13(11(15)16)6-8-7(10(13)17)4-3-5-9(8)14/h3-5,11H,2,6H2,1H3. The summed E-state index contributed by atoms with van der Waals surface area (Å²) in [6, 6.07) is 4.39. The van der Waals surface area contributed by atoms with Gasteiger partial charge in [0.2, 0.25) is 0 Å². The first-order chi connectivity index (χ1) is 8.95. The molecule has 0 heterocycles. The van der Waals surface area contributed by atoms with Gasteiger partial charge in [0.1, 0.15) is 0 Å². The number of alkyl halides is 2. The van der Waals surface area contributed by atoms with Crippen molar-refractivity contribution in [2.24, 2.45) is 5.41 Å². The third-order valence-corrected chi connectivity index (χ3v) is 3.59. The molecule has 0 saturated heterocycles. The monoisotopic (exact) mass is 288 g/mol. The number of rotatable bonds is 3. The molecule has 0 spiro atoms. The van der Waals surface area contributed by atoms with Crippen molar-refractivity contribution in [3.05, 3.63) is 34.3 Å². The fraction of sp³-hybridized carbons (Fsp3) is 0.385. The Kier molecular flexibility index (Phi) is 3.58. The van der Waals surface area contributed by atoms with Gasteiger partial charge in [0.25, 0.3) is 6.43 Å². The van der Waals surface area contributed by atoms with Crippen LogP contribution in [-0.4, -0.2) is 24.8 Å². The molecule has 1 aliphatic carbocycles. The molecule has 0 bridgehead atoms. The first kappa shape index (κ1) is 13.9. The van der Waals surface area contributed by atoms with E-state index in [2.05, 4.69) is 4.74 Å². The molecule has 1 aromatic rings. The highest BCUT2D eigenvalue weighted by Crippen LogP contribution is 2.44. The van der Waals surface area contributed by atoms with Crippen LogP contribution in [0.2, 0.25) is 5.02 Å². The molecule has 6 heteroatoms. The average Bonchev–Trinajstić information content (AvgIpc) is 2.66. The lowest BCUT2D eigenvalue weighted by Crippen LogP contribution is -2.45. The summed E-state index contributed by atoms with van der Waals surface area (Å²) >= 11 is 5.90. The van der Waals surface area contributed by atoms with Gasteiger partial charge in [-0.3, -0.25) is 9.59 Å². The smallest absolute Gasteiger partial charge is 0.326 e. The van der Waals surface area contributed by atoms with Crippen LogP contribution >= 0.6 is 11.6 Å². The van der Waals surface area contributed by atoms with Crippen molar-refractivity contribution in [2.45, 2.75) is 19.8 Å². The van der Waals surface area contributed by atoms with Crippen LogP contribution in [0.1, 0.15) is 22.8 Å². The van der Waals surface area contributed by atoms with E-state index in [0.29, 0.717) is 0 Å². The van der Waals surface area contributed by atoms with Crippen molar-refractivity contribution in [3.63, 3.8) is 0 Å². The first-order valence-corrected chi connectivity index (χ1v) is 6.10. The van der Waals surface area contributed by atoms with E-state index < -0.39 is 30.0 Å². The van der Waals surface area contributed by atoms with Gasteiger partial charge in [-0.2, -0.15) is 0 Å². The summed E-state index contributed by atoms with van der Waals surface area (Å²) in [7, 11) is 0. The highest BCUT2D eigenvalue weighted by atomic mass is 35.5. The van der Waals surface area contributed by atoms with Crippen LogP contribution in [0, 0.1) is 5.41 Å². The number of ketones is 1. The van der Waals surface area contributed by atoms with E-state index >= 15 is 0 Å². The van der Waals surface area contributed by atoms with Gasteiger partial charge in [0, 0.05) is 17.0 Å². The molecule has 0 fully saturated rings. The summed E-state index contributed by atoms with van der Waals surface area (Å²) in [5.41, 5.74) is -2.10. The largest absolute Gasteiger partial charge is 0.465 e. The van der Waals surface area contributed by atoms with E-state index in [1.165, 1.54) is 25.1 Å². The SMILES string of the molecule is CCOC(=O)C1(C(F)F)Cc2c(Cl)cccc2C1=O. The van der Waals surface area contributed by atoms with Gasteiger partial charge in [0.15, 0.2) is 11.2 Å². The average molecular weight is 289 g/mol. The van der Waals surface area contributed by atoms with Gasteiger partial charge >= 0.3 is 5.97 Å². The van der Waals surface area contributed by atoms with Crippen molar-refractivity contribution in [3.8, 4) is 0 Å². The number of halogens is 3. The second-order valence-corrected chi connectivity index (χ2v) is 4.67. The third kappa shape index (κ3) is 1.92. The quantitative estimate of drug-likeness (QED) is 0.634. The van der Waals surface area contributed by atoms with E-state index in [1.807, 2.05) is 0 Å². The fourth-order valence-corrected chi connectivity index (χ4v) is 2.48. The molecule has 0 amide bonds. The van der Waals surface area contributed by atoms with Crippen molar-refractivity contribution < 1.29 is 23.1 Å². The second-order valence-electron chi connectivity index (χ2n) is 4.26. The summed E-state index contributed by atoms with van der Waals surface area (Å²) in [5.74, 6) is -2.11. The summed E-state index contributed by atoms with van der Waals surface area (Å²) in [6.45, 7) is 1.43. The first-order valence-electron chi connectivity index (χ1n) is 5.72. The Labute approximate surface area is 113 Å². The number of Topliss-reactive ketones (excluding diaryl/α,β-unsaturated/α-hetero) is 1. The molecule has 1 aliphatic rings. The molecular weight excluding hydrogens is 278 g/mol. The predicted octanol–water partition coefficient (Wildman–Crippen LogP) is 2.89. The molecule has 0 aliphatic heterocycles. The van der Waals surface area contributed by atoms with Crippen molar-refractivity contribution >= 4 is 23.4 Å². The van der Waals surface area contributed by atoms with Crippen molar-refractivity contribution in [1.29, 1.82) is 0 Å². The van der Waals surface area contributed by atoms with Gasteiger partial charge in [-0.1, -0.05) is 23.7 Å². The zero-order valence-electron chi connectivity index (χ0n) is 10.1. The van der Waals surface area contributed by atoms with Crippen LogP contribution in [0.25, 0.3) is 0 Å². The van der Waals surface area contributed by atoms with Gasteiger partial charge in [0.05, 0.1) is 6.61 Å². The maximum atomic E-state index is 13.4. The van der Waals surface area contributed by atoms with E-state index in [4.69, 9.17) is 11.6 Å². The number of carbonyl (C=O) groups excluding carboxylic acids is 2. The molecule has 1 atom stereocenters. The Morgan fingerprint density at radius 2 is 2.21 bits per heavy atom. The Balaban J connectivity index is 2.54. The molecule has 0 N–H and O–H groups in total. The lowest BCUT2D eigenvalue weighted by molar-refractivity contribution is -0.159. The zero-order valence-corrected chi connectivity index (χ0v) is 10.8. The third-order valence-electron chi connectivity index (χ3n) is 3.24.